The molecule has 0 atom stereocenters. The molecule has 4 nitrogen and oxygen atoms in total. The summed E-state index contributed by atoms with van der Waals surface area (Å²) in [5.74, 6) is 0.720. The van der Waals surface area contributed by atoms with E-state index in [0.29, 0.717) is 0 Å². The number of hydrogen-bond donors (Lipinski definition) is 1. The van der Waals surface area contributed by atoms with Gasteiger partial charge in [-0.15, -0.1) is 11.3 Å². The summed E-state index contributed by atoms with van der Waals surface area (Å²) in [5.41, 5.74) is 3.06. The third kappa shape index (κ3) is 2.10. The molecule has 1 N–H and O–H groups in total. The first kappa shape index (κ1) is 11.3. The summed E-state index contributed by atoms with van der Waals surface area (Å²) < 4.78 is 1.16. The van der Waals surface area contributed by atoms with Crippen molar-refractivity contribution in [3.63, 3.8) is 0 Å². The van der Waals surface area contributed by atoms with E-state index in [2.05, 4.69) is 26.3 Å². The van der Waals surface area contributed by atoms with Gasteiger partial charge in [-0.3, -0.25) is 4.98 Å². The highest BCUT2D eigenvalue weighted by Gasteiger charge is 2.04. The van der Waals surface area contributed by atoms with Gasteiger partial charge >= 0.3 is 0 Å². The maximum Gasteiger partial charge on any atom is 0.160 e. The minimum atomic E-state index is 0.720. The molecule has 0 saturated heterocycles. The van der Waals surface area contributed by atoms with Crippen LogP contribution >= 0.6 is 11.3 Å². The Morgan fingerprint density at radius 2 is 2.00 bits per heavy atom. The third-order valence-electron chi connectivity index (χ3n) is 2.65. The monoisotopic (exact) mass is 256 g/mol. The molecule has 0 bridgehead atoms. The quantitative estimate of drug-likeness (QED) is 0.782. The first-order valence-electron chi connectivity index (χ1n) is 5.66. The Hall–Kier alpha value is -1.85. The SMILES string of the molecule is CNCc1cnc(-c2cnc3ccsc3c2)nc1. The van der Waals surface area contributed by atoms with E-state index >= 15 is 0 Å². The molecule has 0 radical (unpaired) electrons. The summed E-state index contributed by atoms with van der Waals surface area (Å²) in [4.78, 5) is 13.1. The number of nitrogens with zero attached hydrogens (tertiary/aromatic N) is 3. The highest BCUT2D eigenvalue weighted by atomic mass is 32.1. The van der Waals surface area contributed by atoms with Crippen LogP contribution in [-0.4, -0.2) is 22.0 Å². The lowest BCUT2D eigenvalue weighted by Crippen LogP contribution is -2.06. The zero-order valence-electron chi connectivity index (χ0n) is 9.92. The van der Waals surface area contributed by atoms with Crippen molar-refractivity contribution in [2.75, 3.05) is 7.05 Å². The number of thiophene rings is 1. The molecule has 3 rings (SSSR count). The van der Waals surface area contributed by atoms with Crippen molar-refractivity contribution in [1.82, 2.24) is 20.3 Å². The van der Waals surface area contributed by atoms with Crippen molar-refractivity contribution in [3.05, 3.63) is 41.7 Å². The molecule has 0 amide bonds. The second-order valence-corrected chi connectivity index (χ2v) is 4.92. The van der Waals surface area contributed by atoms with Crippen LogP contribution < -0.4 is 5.32 Å². The standard InChI is InChI=1S/C13H12N4S/c1-14-5-9-6-16-13(17-7-9)10-4-12-11(15-8-10)2-3-18-12/h2-4,6-8,14H,5H2,1H3. The van der Waals surface area contributed by atoms with Crippen LogP contribution in [0.4, 0.5) is 0 Å². The Morgan fingerprint density at radius 1 is 1.17 bits per heavy atom. The minimum absolute atomic E-state index is 0.720. The van der Waals surface area contributed by atoms with E-state index in [-0.39, 0.29) is 0 Å². The van der Waals surface area contributed by atoms with Crippen LogP contribution in [0, 0.1) is 0 Å². The maximum atomic E-state index is 4.39. The molecule has 3 aromatic rings. The summed E-state index contributed by atoms with van der Waals surface area (Å²) >= 11 is 1.68. The summed E-state index contributed by atoms with van der Waals surface area (Å²) in [6.07, 6.45) is 5.51. The van der Waals surface area contributed by atoms with E-state index in [1.54, 1.807) is 11.3 Å². The van der Waals surface area contributed by atoms with Gasteiger partial charge in [0.1, 0.15) is 0 Å². The van der Waals surface area contributed by atoms with E-state index in [1.807, 2.05) is 37.1 Å². The number of nitrogens with one attached hydrogen (secondary N) is 1. The van der Waals surface area contributed by atoms with Crippen LogP contribution in [-0.2, 0) is 6.54 Å². The maximum absolute atomic E-state index is 4.39. The molecule has 0 aliphatic rings. The van der Waals surface area contributed by atoms with Gasteiger partial charge in [-0.25, -0.2) is 9.97 Å². The van der Waals surface area contributed by atoms with E-state index in [9.17, 15) is 0 Å². The van der Waals surface area contributed by atoms with Gasteiger partial charge in [0, 0.05) is 36.3 Å². The third-order valence-corrected chi connectivity index (χ3v) is 3.50. The van der Waals surface area contributed by atoms with Crippen LogP contribution in [0.15, 0.2) is 36.1 Å². The van der Waals surface area contributed by atoms with E-state index in [0.717, 1.165) is 33.7 Å². The molecule has 0 aromatic carbocycles. The van der Waals surface area contributed by atoms with Gasteiger partial charge < -0.3 is 5.32 Å². The van der Waals surface area contributed by atoms with Crippen LogP contribution in [0.25, 0.3) is 21.6 Å². The number of aromatic nitrogens is 3. The van der Waals surface area contributed by atoms with Crippen molar-refractivity contribution in [3.8, 4) is 11.4 Å². The molecule has 3 aromatic heterocycles. The Balaban J connectivity index is 1.97. The molecule has 0 spiro atoms. The predicted molar refractivity (Wildman–Crippen MR) is 73.4 cm³/mol. The number of hydrogen-bond acceptors (Lipinski definition) is 5. The van der Waals surface area contributed by atoms with Crippen LogP contribution in [0.1, 0.15) is 5.56 Å². The molecule has 5 heteroatoms. The zero-order valence-corrected chi connectivity index (χ0v) is 10.7. The van der Waals surface area contributed by atoms with Crippen LogP contribution in [0.2, 0.25) is 0 Å². The average Bonchev–Trinajstić information content (AvgIpc) is 2.87. The minimum Gasteiger partial charge on any atom is -0.316 e. The Kier molecular flexibility index (Phi) is 3.00. The number of rotatable bonds is 3. The summed E-state index contributed by atoms with van der Waals surface area (Å²) in [6.45, 7) is 0.780. The Bertz CT molecular complexity index is 660. The molecular formula is C13H12N4S. The number of fused-ring (bicyclic) bond motifs is 1. The van der Waals surface area contributed by atoms with Gasteiger partial charge in [-0.1, -0.05) is 0 Å². The molecule has 0 unspecified atom stereocenters. The topological polar surface area (TPSA) is 50.7 Å². The molecule has 3 heterocycles. The summed E-state index contributed by atoms with van der Waals surface area (Å²) in [7, 11) is 1.91. The molecule has 0 aliphatic carbocycles. The fraction of sp³-hybridized carbons (Fsp3) is 0.154. The molecular weight excluding hydrogens is 244 g/mol. The molecule has 0 fully saturated rings. The lowest BCUT2D eigenvalue weighted by atomic mass is 10.2. The van der Waals surface area contributed by atoms with Gasteiger partial charge in [0.2, 0.25) is 0 Å². The van der Waals surface area contributed by atoms with Gasteiger partial charge in [-0.2, -0.15) is 0 Å². The highest BCUT2D eigenvalue weighted by Crippen LogP contribution is 2.23. The van der Waals surface area contributed by atoms with Gasteiger partial charge in [0.25, 0.3) is 0 Å². The summed E-state index contributed by atoms with van der Waals surface area (Å²) in [6, 6.07) is 4.10. The van der Waals surface area contributed by atoms with E-state index in [4.69, 9.17) is 0 Å². The van der Waals surface area contributed by atoms with Crippen LogP contribution in [0.5, 0.6) is 0 Å². The molecule has 90 valence electrons. The molecule has 0 saturated carbocycles. The molecule has 0 aliphatic heterocycles. The Labute approximate surface area is 109 Å². The van der Waals surface area contributed by atoms with Crippen molar-refractivity contribution < 1.29 is 0 Å². The second-order valence-electron chi connectivity index (χ2n) is 3.97. The van der Waals surface area contributed by atoms with Gasteiger partial charge in [0.05, 0.1) is 10.2 Å². The first-order valence-corrected chi connectivity index (χ1v) is 6.54. The van der Waals surface area contributed by atoms with Crippen molar-refractivity contribution in [2.45, 2.75) is 6.54 Å². The summed E-state index contributed by atoms with van der Waals surface area (Å²) in [5, 5.41) is 5.11. The largest absolute Gasteiger partial charge is 0.316 e. The number of pyridine rings is 1. The fourth-order valence-electron chi connectivity index (χ4n) is 1.77. The van der Waals surface area contributed by atoms with Crippen molar-refractivity contribution in [2.24, 2.45) is 0 Å². The first-order chi connectivity index (χ1) is 8.86. The van der Waals surface area contributed by atoms with E-state index < -0.39 is 0 Å². The van der Waals surface area contributed by atoms with Crippen LogP contribution in [0.3, 0.4) is 0 Å². The lowest BCUT2D eigenvalue weighted by molar-refractivity contribution is 0.807. The van der Waals surface area contributed by atoms with Gasteiger partial charge in [-0.05, 0) is 24.6 Å². The second kappa shape index (κ2) is 4.80. The average molecular weight is 256 g/mol. The predicted octanol–water partition coefficient (Wildman–Crippen LogP) is 2.47. The molecule has 18 heavy (non-hydrogen) atoms. The smallest absolute Gasteiger partial charge is 0.160 e. The van der Waals surface area contributed by atoms with Crippen molar-refractivity contribution in [1.29, 1.82) is 0 Å². The highest BCUT2D eigenvalue weighted by molar-refractivity contribution is 7.17. The fourth-order valence-corrected chi connectivity index (χ4v) is 2.55. The lowest BCUT2D eigenvalue weighted by Gasteiger charge is -2.02. The Morgan fingerprint density at radius 3 is 2.78 bits per heavy atom. The van der Waals surface area contributed by atoms with Crippen molar-refractivity contribution >= 4 is 21.6 Å². The normalized spacial score (nSPS) is 10.9. The zero-order chi connectivity index (χ0) is 12.4. The van der Waals surface area contributed by atoms with E-state index in [1.165, 1.54) is 0 Å². The van der Waals surface area contributed by atoms with Gasteiger partial charge in [0.15, 0.2) is 5.82 Å².